The van der Waals surface area contributed by atoms with Gasteiger partial charge in [0.05, 0.1) is 15.5 Å². The molecule has 0 spiro atoms. The molecule has 0 aliphatic carbocycles. The van der Waals surface area contributed by atoms with E-state index in [0.29, 0.717) is 18.7 Å². The molecule has 0 radical (unpaired) electrons. The molecule has 28 heavy (non-hydrogen) atoms. The maximum Gasteiger partial charge on any atom is 0.270 e. The molecule has 1 heterocycles. The van der Waals surface area contributed by atoms with E-state index in [2.05, 4.69) is 5.32 Å². The minimum absolute atomic E-state index is 0.00908. The van der Waals surface area contributed by atoms with Crippen molar-refractivity contribution in [3.05, 3.63) is 62.7 Å². The van der Waals surface area contributed by atoms with Crippen LogP contribution in [0.25, 0.3) is 0 Å². The van der Waals surface area contributed by atoms with E-state index in [1.165, 1.54) is 12.1 Å². The molecule has 0 atom stereocenters. The van der Waals surface area contributed by atoms with Gasteiger partial charge < -0.3 is 10.2 Å². The van der Waals surface area contributed by atoms with Crippen molar-refractivity contribution in [3.63, 3.8) is 0 Å². The highest BCUT2D eigenvalue weighted by atomic mass is 35.5. The third-order valence-electron chi connectivity index (χ3n) is 4.53. The quantitative estimate of drug-likeness (QED) is 0.608. The van der Waals surface area contributed by atoms with Gasteiger partial charge in [-0.3, -0.25) is 19.7 Å². The minimum atomic E-state index is -0.571. The monoisotopic (exact) mass is 401 g/mol. The van der Waals surface area contributed by atoms with Gasteiger partial charge in [-0.1, -0.05) is 32.4 Å². The van der Waals surface area contributed by atoms with Gasteiger partial charge in [0.2, 0.25) is 5.91 Å². The maximum absolute atomic E-state index is 12.6. The van der Waals surface area contributed by atoms with Crippen LogP contribution < -0.4 is 10.2 Å². The summed E-state index contributed by atoms with van der Waals surface area (Å²) in [6.07, 6.45) is 0.707. The van der Waals surface area contributed by atoms with Crippen LogP contribution in [0.5, 0.6) is 0 Å². The van der Waals surface area contributed by atoms with Gasteiger partial charge in [-0.15, -0.1) is 0 Å². The normalized spacial score (nSPS) is 13.2. The number of nitro benzene ring substituents is 1. The lowest BCUT2D eigenvalue weighted by Gasteiger charge is -2.26. The number of hydrogen-bond acceptors (Lipinski definition) is 4. The first-order valence-electron chi connectivity index (χ1n) is 8.78. The first-order valence-corrected chi connectivity index (χ1v) is 9.16. The summed E-state index contributed by atoms with van der Waals surface area (Å²) in [5.41, 5.74) is 1.90. The lowest BCUT2D eigenvalue weighted by molar-refractivity contribution is -0.384. The SMILES string of the molecule is CC(C)(C)C(=O)N1CCc2cc(NC(=O)c3ccc([N+](=O)[O-])cc3Cl)ccc21. The number of fused-ring (bicyclic) bond motifs is 1. The van der Waals surface area contributed by atoms with E-state index in [0.717, 1.165) is 17.3 Å². The fourth-order valence-electron chi connectivity index (χ4n) is 3.10. The fraction of sp³-hybridized carbons (Fsp3) is 0.300. The molecule has 2 aromatic rings. The van der Waals surface area contributed by atoms with Crippen LogP contribution in [-0.2, 0) is 11.2 Å². The molecule has 0 aromatic heterocycles. The Morgan fingerprint density at radius 1 is 1.18 bits per heavy atom. The Kier molecular flexibility index (Phi) is 5.12. The number of carbonyl (C=O) groups excluding carboxylic acids is 2. The highest BCUT2D eigenvalue weighted by molar-refractivity contribution is 6.34. The zero-order valence-corrected chi connectivity index (χ0v) is 16.5. The van der Waals surface area contributed by atoms with Crippen LogP contribution in [0.3, 0.4) is 0 Å². The van der Waals surface area contributed by atoms with E-state index in [9.17, 15) is 19.7 Å². The summed E-state index contributed by atoms with van der Waals surface area (Å²) in [4.78, 5) is 37.1. The summed E-state index contributed by atoms with van der Waals surface area (Å²) in [6.45, 7) is 6.26. The van der Waals surface area contributed by atoms with E-state index >= 15 is 0 Å². The molecule has 0 bridgehead atoms. The molecule has 7 nitrogen and oxygen atoms in total. The van der Waals surface area contributed by atoms with Crippen LogP contribution in [0.15, 0.2) is 36.4 Å². The number of rotatable bonds is 3. The van der Waals surface area contributed by atoms with Gasteiger partial charge in [0.15, 0.2) is 0 Å². The topological polar surface area (TPSA) is 92.6 Å². The second kappa shape index (κ2) is 7.24. The average Bonchev–Trinajstić information content (AvgIpc) is 3.02. The first-order chi connectivity index (χ1) is 13.1. The Morgan fingerprint density at radius 2 is 1.89 bits per heavy atom. The summed E-state index contributed by atoms with van der Waals surface area (Å²) < 4.78 is 0. The highest BCUT2D eigenvalue weighted by Crippen LogP contribution is 2.34. The molecule has 0 unspecified atom stereocenters. The average molecular weight is 402 g/mol. The van der Waals surface area contributed by atoms with E-state index in [1.807, 2.05) is 32.9 Å². The molecule has 0 fully saturated rings. The first kappa shape index (κ1) is 19.8. The summed E-state index contributed by atoms with van der Waals surface area (Å²) in [7, 11) is 0. The molecule has 3 rings (SSSR count). The van der Waals surface area contributed by atoms with Crippen molar-refractivity contribution in [2.24, 2.45) is 5.41 Å². The summed E-state index contributed by atoms with van der Waals surface area (Å²) >= 11 is 6.02. The lowest BCUT2D eigenvalue weighted by atomic mass is 9.94. The van der Waals surface area contributed by atoms with Crippen LogP contribution in [-0.4, -0.2) is 23.3 Å². The van der Waals surface area contributed by atoms with Gasteiger partial charge in [0.1, 0.15) is 0 Å². The predicted octanol–water partition coefficient (Wildman–Crippen LogP) is 4.44. The highest BCUT2D eigenvalue weighted by Gasteiger charge is 2.32. The molecule has 1 aliphatic heterocycles. The summed E-state index contributed by atoms with van der Waals surface area (Å²) in [5.74, 6) is -0.402. The molecule has 0 saturated heterocycles. The van der Waals surface area contributed by atoms with Crippen molar-refractivity contribution in [2.75, 3.05) is 16.8 Å². The molecule has 8 heteroatoms. The van der Waals surface area contributed by atoms with E-state index < -0.39 is 16.2 Å². The van der Waals surface area contributed by atoms with E-state index in [-0.39, 0.29) is 22.2 Å². The van der Waals surface area contributed by atoms with Gasteiger partial charge in [0.25, 0.3) is 11.6 Å². The smallest absolute Gasteiger partial charge is 0.270 e. The molecular weight excluding hydrogens is 382 g/mol. The fourth-order valence-corrected chi connectivity index (χ4v) is 3.36. The summed E-state index contributed by atoms with van der Waals surface area (Å²) in [6, 6.07) is 9.09. The molecule has 146 valence electrons. The molecule has 2 aromatic carbocycles. The van der Waals surface area contributed by atoms with Crippen molar-refractivity contribution in [1.29, 1.82) is 0 Å². The second-order valence-corrected chi connectivity index (χ2v) is 8.08. The van der Waals surface area contributed by atoms with E-state index in [4.69, 9.17) is 11.6 Å². The Balaban J connectivity index is 1.79. The summed E-state index contributed by atoms with van der Waals surface area (Å²) in [5, 5.41) is 13.6. The van der Waals surface area contributed by atoms with Gasteiger partial charge in [-0.05, 0) is 36.2 Å². The Morgan fingerprint density at radius 3 is 2.50 bits per heavy atom. The van der Waals surface area contributed by atoms with Crippen LogP contribution in [0.2, 0.25) is 5.02 Å². The van der Waals surface area contributed by atoms with Crippen LogP contribution in [0, 0.1) is 15.5 Å². The van der Waals surface area contributed by atoms with Gasteiger partial charge in [-0.25, -0.2) is 0 Å². The Bertz CT molecular complexity index is 982. The maximum atomic E-state index is 12.6. The molecular formula is C20H20ClN3O4. The Hall–Kier alpha value is -2.93. The van der Waals surface area contributed by atoms with Crippen molar-refractivity contribution >= 4 is 40.5 Å². The number of hydrogen-bond donors (Lipinski definition) is 1. The Labute approximate surface area is 167 Å². The number of non-ortho nitro benzene ring substituents is 1. The third kappa shape index (κ3) is 3.84. The second-order valence-electron chi connectivity index (χ2n) is 7.68. The minimum Gasteiger partial charge on any atom is -0.322 e. The number of carbonyl (C=O) groups is 2. The van der Waals surface area contributed by atoms with Gasteiger partial charge in [-0.2, -0.15) is 0 Å². The zero-order chi connectivity index (χ0) is 20.6. The number of halogens is 1. The van der Waals surface area contributed by atoms with Crippen molar-refractivity contribution in [1.82, 2.24) is 0 Å². The lowest BCUT2D eigenvalue weighted by Crippen LogP contribution is -2.38. The largest absolute Gasteiger partial charge is 0.322 e. The van der Waals surface area contributed by atoms with Crippen LogP contribution in [0.4, 0.5) is 17.1 Å². The number of nitrogens with zero attached hydrogens (tertiary/aromatic N) is 2. The number of benzene rings is 2. The van der Waals surface area contributed by atoms with Crippen molar-refractivity contribution in [3.8, 4) is 0 Å². The van der Waals surface area contributed by atoms with Crippen LogP contribution >= 0.6 is 11.6 Å². The van der Waals surface area contributed by atoms with Gasteiger partial charge in [0, 0.05) is 35.5 Å². The number of nitrogens with one attached hydrogen (secondary N) is 1. The van der Waals surface area contributed by atoms with Gasteiger partial charge >= 0.3 is 0 Å². The number of nitro groups is 1. The predicted molar refractivity (Wildman–Crippen MR) is 108 cm³/mol. The van der Waals surface area contributed by atoms with Crippen molar-refractivity contribution in [2.45, 2.75) is 27.2 Å². The number of anilines is 2. The number of amides is 2. The molecule has 0 saturated carbocycles. The third-order valence-corrected chi connectivity index (χ3v) is 4.84. The van der Waals surface area contributed by atoms with Crippen molar-refractivity contribution < 1.29 is 14.5 Å². The molecule has 1 N–H and O–H groups in total. The van der Waals surface area contributed by atoms with E-state index in [1.54, 1.807) is 11.0 Å². The zero-order valence-electron chi connectivity index (χ0n) is 15.8. The molecule has 2 amide bonds. The standard InChI is InChI=1S/C20H20ClN3O4/c1-20(2,3)19(26)23-9-8-12-10-13(4-7-17(12)23)22-18(25)15-6-5-14(24(27)28)11-16(15)21/h4-7,10-11H,8-9H2,1-3H3,(H,22,25). The molecule has 1 aliphatic rings. The van der Waals surface area contributed by atoms with Crippen LogP contribution in [0.1, 0.15) is 36.7 Å².